The van der Waals surface area contributed by atoms with Crippen LogP contribution < -0.4 is 5.32 Å². The van der Waals surface area contributed by atoms with Crippen LogP contribution in [0.4, 0.5) is 4.79 Å². The zero-order valence-corrected chi connectivity index (χ0v) is 14.7. The van der Waals surface area contributed by atoms with Crippen molar-refractivity contribution >= 4 is 23.4 Å². The van der Waals surface area contributed by atoms with Crippen LogP contribution in [0.5, 0.6) is 0 Å². The van der Waals surface area contributed by atoms with Gasteiger partial charge in [0.05, 0.1) is 0 Å². The van der Waals surface area contributed by atoms with Crippen molar-refractivity contribution in [3.63, 3.8) is 0 Å². The molecule has 0 saturated heterocycles. The van der Waals surface area contributed by atoms with Gasteiger partial charge in [-0.15, -0.1) is 11.3 Å². The van der Waals surface area contributed by atoms with E-state index in [-0.39, 0.29) is 6.42 Å². The summed E-state index contributed by atoms with van der Waals surface area (Å²) in [5.41, 5.74) is 0.414. The molecule has 24 heavy (non-hydrogen) atoms. The van der Waals surface area contributed by atoms with Gasteiger partial charge in [-0.05, 0) is 38.5 Å². The third-order valence-corrected chi connectivity index (χ3v) is 4.27. The molecule has 1 heterocycles. The Morgan fingerprint density at radius 2 is 1.83 bits per heavy atom. The molecule has 0 spiro atoms. The number of carbonyl (C=O) groups is 2. The van der Waals surface area contributed by atoms with E-state index in [9.17, 15) is 14.7 Å². The Morgan fingerprint density at radius 1 is 1.17 bits per heavy atom. The summed E-state index contributed by atoms with van der Waals surface area (Å²) in [5, 5.41) is 11.8. The van der Waals surface area contributed by atoms with E-state index in [4.69, 9.17) is 4.74 Å². The SMILES string of the molecule is CC(C)(C)OC(=O)NC(Cc1ccc(-c2ccccc2)s1)C(=O)O. The number of hydrogen-bond acceptors (Lipinski definition) is 4. The van der Waals surface area contributed by atoms with Crippen LogP contribution in [-0.2, 0) is 16.0 Å². The highest BCUT2D eigenvalue weighted by molar-refractivity contribution is 7.15. The number of carbonyl (C=O) groups excluding carboxylic acids is 1. The van der Waals surface area contributed by atoms with Crippen LogP contribution in [0, 0.1) is 0 Å². The molecule has 1 amide bonds. The Labute approximate surface area is 145 Å². The molecule has 0 saturated carbocycles. The molecule has 0 aliphatic carbocycles. The Hall–Kier alpha value is -2.34. The molecule has 1 unspecified atom stereocenters. The molecular formula is C18H21NO4S. The molecule has 128 valence electrons. The fraction of sp³-hybridized carbons (Fsp3) is 0.333. The predicted molar refractivity (Wildman–Crippen MR) is 94.3 cm³/mol. The first kappa shape index (κ1) is 18.0. The Balaban J connectivity index is 2.05. The maximum Gasteiger partial charge on any atom is 0.408 e. The molecule has 1 atom stereocenters. The first-order valence-corrected chi connectivity index (χ1v) is 8.43. The summed E-state index contributed by atoms with van der Waals surface area (Å²) in [7, 11) is 0. The molecule has 6 heteroatoms. The fourth-order valence-electron chi connectivity index (χ4n) is 2.10. The minimum absolute atomic E-state index is 0.214. The fourth-order valence-corrected chi connectivity index (χ4v) is 3.15. The van der Waals surface area contributed by atoms with E-state index in [1.807, 2.05) is 42.5 Å². The van der Waals surface area contributed by atoms with Crippen molar-refractivity contribution in [2.24, 2.45) is 0 Å². The van der Waals surface area contributed by atoms with Crippen molar-refractivity contribution < 1.29 is 19.4 Å². The average molecular weight is 347 g/mol. The van der Waals surface area contributed by atoms with Gasteiger partial charge >= 0.3 is 12.1 Å². The second kappa shape index (κ2) is 7.49. The highest BCUT2D eigenvalue weighted by Gasteiger charge is 2.24. The average Bonchev–Trinajstić information content (AvgIpc) is 2.94. The van der Waals surface area contributed by atoms with Gasteiger partial charge in [-0.1, -0.05) is 30.3 Å². The summed E-state index contributed by atoms with van der Waals surface area (Å²) in [4.78, 5) is 25.2. The van der Waals surface area contributed by atoms with Gasteiger partial charge in [-0.3, -0.25) is 0 Å². The van der Waals surface area contributed by atoms with Gasteiger partial charge in [0.1, 0.15) is 11.6 Å². The highest BCUT2D eigenvalue weighted by Crippen LogP contribution is 2.28. The summed E-state index contributed by atoms with van der Waals surface area (Å²) in [6.07, 6.45) is -0.513. The number of ether oxygens (including phenoxy) is 1. The van der Waals surface area contributed by atoms with Gasteiger partial charge in [0.25, 0.3) is 0 Å². The van der Waals surface area contributed by atoms with Crippen LogP contribution in [0.2, 0.25) is 0 Å². The molecule has 2 aromatic rings. The normalized spacial score (nSPS) is 12.5. The Morgan fingerprint density at radius 3 is 2.42 bits per heavy atom. The van der Waals surface area contributed by atoms with Crippen molar-refractivity contribution in [3.05, 3.63) is 47.3 Å². The van der Waals surface area contributed by atoms with Crippen molar-refractivity contribution in [2.75, 3.05) is 0 Å². The molecule has 0 aliphatic rings. The molecule has 2 N–H and O–H groups in total. The summed E-state index contributed by atoms with van der Waals surface area (Å²) >= 11 is 1.52. The van der Waals surface area contributed by atoms with E-state index >= 15 is 0 Å². The number of benzene rings is 1. The topological polar surface area (TPSA) is 75.6 Å². The zero-order chi connectivity index (χ0) is 17.7. The van der Waals surface area contributed by atoms with E-state index in [0.717, 1.165) is 15.3 Å². The zero-order valence-electron chi connectivity index (χ0n) is 13.9. The highest BCUT2D eigenvalue weighted by atomic mass is 32.1. The lowest BCUT2D eigenvalue weighted by atomic mass is 10.1. The Bertz CT molecular complexity index is 703. The number of aliphatic carboxylic acids is 1. The molecule has 5 nitrogen and oxygen atoms in total. The molecule has 0 aliphatic heterocycles. The monoisotopic (exact) mass is 347 g/mol. The van der Waals surface area contributed by atoms with Crippen LogP contribution in [0.15, 0.2) is 42.5 Å². The van der Waals surface area contributed by atoms with Gasteiger partial charge in [0.2, 0.25) is 0 Å². The molecule has 1 aromatic heterocycles. The molecular weight excluding hydrogens is 326 g/mol. The van der Waals surface area contributed by atoms with Crippen LogP contribution in [0.25, 0.3) is 10.4 Å². The van der Waals surface area contributed by atoms with Crippen LogP contribution in [0.3, 0.4) is 0 Å². The van der Waals surface area contributed by atoms with Crippen LogP contribution in [0.1, 0.15) is 25.6 Å². The van der Waals surface area contributed by atoms with E-state index in [2.05, 4.69) is 5.32 Å². The molecule has 0 radical (unpaired) electrons. The number of alkyl carbamates (subject to hydrolysis) is 1. The van der Waals surface area contributed by atoms with E-state index < -0.39 is 23.7 Å². The van der Waals surface area contributed by atoms with Crippen LogP contribution >= 0.6 is 11.3 Å². The van der Waals surface area contributed by atoms with Gasteiger partial charge in [0, 0.05) is 16.2 Å². The number of amides is 1. The molecule has 0 fully saturated rings. The lowest BCUT2D eigenvalue weighted by Gasteiger charge is -2.21. The van der Waals surface area contributed by atoms with Gasteiger partial charge in [-0.2, -0.15) is 0 Å². The smallest absolute Gasteiger partial charge is 0.408 e. The molecule has 1 aromatic carbocycles. The number of hydrogen-bond donors (Lipinski definition) is 2. The number of carboxylic acids is 1. The number of thiophene rings is 1. The van der Waals surface area contributed by atoms with Gasteiger partial charge < -0.3 is 15.2 Å². The van der Waals surface area contributed by atoms with E-state index in [0.29, 0.717) is 0 Å². The van der Waals surface area contributed by atoms with Crippen molar-refractivity contribution in [1.82, 2.24) is 5.32 Å². The van der Waals surface area contributed by atoms with Gasteiger partial charge in [-0.25, -0.2) is 9.59 Å². The second-order valence-corrected chi connectivity index (χ2v) is 7.54. The number of rotatable bonds is 5. The summed E-state index contributed by atoms with van der Waals surface area (Å²) < 4.78 is 5.12. The predicted octanol–water partition coefficient (Wildman–Crippen LogP) is 3.94. The minimum Gasteiger partial charge on any atom is -0.480 e. The first-order chi connectivity index (χ1) is 11.2. The van der Waals surface area contributed by atoms with E-state index in [1.54, 1.807) is 20.8 Å². The summed E-state index contributed by atoms with van der Waals surface area (Å²) in [6.45, 7) is 5.19. The summed E-state index contributed by atoms with van der Waals surface area (Å²) in [6, 6.07) is 12.7. The van der Waals surface area contributed by atoms with Crippen molar-refractivity contribution in [1.29, 1.82) is 0 Å². The lowest BCUT2D eigenvalue weighted by Crippen LogP contribution is -2.44. The number of nitrogens with one attached hydrogen (secondary N) is 1. The third kappa shape index (κ3) is 5.38. The second-order valence-electron chi connectivity index (χ2n) is 6.37. The lowest BCUT2D eigenvalue weighted by molar-refractivity contribution is -0.139. The first-order valence-electron chi connectivity index (χ1n) is 7.61. The van der Waals surface area contributed by atoms with E-state index in [1.165, 1.54) is 11.3 Å². The minimum atomic E-state index is -1.09. The quantitative estimate of drug-likeness (QED) is 0.859. The largest absolute Gasteiger partial charge is 0.480 e. The molecule has 2 rings (SSSR count). The summed E-state index contributed by atoms with van der Waals surface area (Å²) in [5.74, 6) is -1.09. The number of carboxylic acid groups (broad SMARTS) is 1. The third-order valence-electron chi connectivity index (χ3n) is 3.11. The maximum atomic E-state index is 11.8. The standard InChI is InChI=1S/C18H21NO4S/c1-18(2,3)23-17(22)19-14(16(20)21)11-13-9-10-15(24-13)12-7-5-4-6-8-12/h4-10,14H,11H2,1-3H3,(H,19,22)(H,20,21). The maximum absolute atomic E-state index is 11.8. The van der Waals surface area contributed by atoms with Gasteiger partial charge in [0.15, 0.2) is 0 Å². The van der Waals surface area contributed by atoms with Crippen molar-refractivity contribution in [2.45, 2.75) is 38.8 Å². The Kier molecular flexibility index (Phi) is 5.62. The van der Waals surface area contributed by atoms with Crippen molar-refractivity contribution in [3.8, 4) is 10.4 Å². The molecule has 0 bridgehead atoms. The van der Waals surface area contributed by atoms with Crippen LogP contribution in [-0.4, -0.2) is 28.8 Å².